The van der Waals surface area contributed by atoms with Gasteiger partial charge < -0.3 is 5.11 Å². The first-order chi connectivity index (χ1) is 9.06. The van der Waals surface area contributed by atoms with Crippen LogP contribution < -0.4 is 0 Å². The van der Waals surface area contributed by atoms with Crippen LogP contribution in [0, 0.1) is 5.82 Å². The van der Waals surface area contributed by atoms with Crippen molar-refractivity contribution in [2.75, 3.05) is 6.54 Å². The lowest BCUT2D eigenvalue weighted by atomic mass is 10.1. The fourth-order valence-corrected chi connectivity index (χ4v) is 2.41. The minimum Gasteiger partial charge on any atom is -0.478 e. The standard InChI is InChI=1S/C15H18FNO2/c1-11-3-2-8-17(11)10-13-6-4-12(9-14(13)16)5-7-15(18)19/h4-7,9,11H,2-3,8,10H2,1H3,(H,18,19). The van der Waals surface area contributed by atoms with E-state index in [1.54, 1.807) is 12.1 Å². The van der Waals surface area contributed by atoms with Crippen molar-refractivity contribution in [2.24, 2.45) is 0 Å². The van der Waals surface area contributed by atoms with Crippen LogP contribution in [0.4, 0.5) is 4.39 Å². The lowest BCUT2D eigenvalue weighted by Crippen LogP contribution is -2.26. The predicted octanol–water partition coefficient (Wildman–Crippen LogP) is 2.91. The molecule has 1 aromatic rings. The Morgan fingerprint density at radius 2 is 2.37 bits per heavy atom. The molecule has 4 heteroatoms. The molecule has 102 valence electrons. The summed E-state index contributed by atoms with van der Waals surface area (Å²) in [6.45, 7) is 3.80. The van der Waals surface area contributed by atoms with Gasteiger partial charge in [0.2, 0.25) is 0 Å². The van der Waals surface area contributed by atoms with Gasteiger partial charge in [0.1, 0.15) is 5.82 Å². The maximum absolute atomic E-state index is 13.9. The fourth-order valence-electron chi connectivity index (χ4n) is 2.41. The normalized spacial score (nSPS) is 20.2. The smallest absolute Gasteiger partial charge is 0.328 e. The molecule has 1 aliphatic rings. The first-order valence-corrected chi connectivity index (χ1v) is 6.50. The second-order valence-corrected chi connectivity index (χ2v) is 4.98. The molecule has 0 amide bonds. The van der Waals surface area contributed by atoms with Crippen molar-refractivity contribution in [1.82, 2.24) is 4.90 Å². The van der Waals surface area contributed by atoms with Crippen LogP contribution in [0.3, 0.4) is 0 Å². The summed E-state index contributed by atoms with van der Waals surface area (Å²) in [5, 5.41) is 8.53. The van der Waals surface area contributed by atoms with Crippen LogP contribution in [-0.4, -0.2) is 28.6 Å². The Labute approximate surface area is 112 Å². The predicted molar refractivity (Wildman–Crippen MR) is 72.2 cm³/mol. The van der Waals surface area contributed by atoms with Crippen molar-refractivity contribution >= 4 is 12.0 Å². The van der Waals surface area contributed by atoms with Crippen molar-refractivity contribution in [3.8, 4) is 0 Å². The summed E-state index contributed by atoms with van der Waals surface area (Å²) in [6, 6.07) is 5.38. The van der Waals surface area contributed by atoms with E-state index in [4.69, 9.17) is 5.11 Å². The summed E-state index contributed by atoms with van der Waals surface area (Å²) in [4.78, 5) is 12.7. The number of likely N-dealkylation sites (tertiary alicyclic amines) is 1. The van der Waals surface area contributed by atoms with Gasteiger partial charge in [-0.25, -0.2) is 9.18 Å². The highest BCUT2D eigenvalue weighted by atomic mass is 19.1. The van der Waals surface area contributed by atoms with Crippen LogP contribution in [0.15, 0.2) is 24.3 Å². The quantitative estimate of drug-likeness (QED) is 0.849. The number of carboxylic acid groups (broad SMARTS) is 1. The molecule has 1 unspecified atom stereocenters. The van der Waals surface area contributed by atoms with Gasteiger partial charge in [0.05, 0.1) is 0 Å². The van der Waals surface area contributed by atoms with E-state index in [0.29, 0.717) is 23.7 Å². The van der Waals surface area contributed by atoms with E-state index in [1.807, 2.05) is 0 Å². The number of aliphatic carboxylic acids is 1. The largest absolute Gasteiger partial charge is 0.478 e. The minimum absolute atomic E-state index is 0.272. The zero-order valence-corrected chi connectivity index (χ0v) is 11.0. The van der Waals surface area contributed by atoms with Gasteiger partial charge in [-0.1, -0.05) is 12.1 Å². The van der Waals surface area contributed by atoms with Crippen molar-refractivity contribution < 1.29 is 14.3 Å². The van der Waals surface area contributed by atoms with Crippen molar-refractivity contribution in [1.29, 1.82) is 0 Å². The zero-order chi connectivity index (χ0) is 13.8. The molecule has 1 heterocycles. The third kappa shape index (κ3) is 3.64. The van der Waals surface area contributed by atoms with E-state index >= 15 is 0 Å². The Hall–Kier alpha value is -1.68. The summed E-state index contributed by atoms with van der Waals surface area (Å²) in [5.74, 6) is -1.30. The molecule has 0 bridgehead atoms. The van der Waals surface area contributed by atoms with Crippen LogP contribution >= 0.6 is 0 Å². The topological polar surface area (TPSA) is 40.5 Å². The number of benzene rings is 1. The van der Waals surface area contributed by atoms with E-state index in [-0.39, 0.29) is 5.82 Å². The molecule has 1 saturated heterocycles. The highest BCUT2D eigenvalue weighted by molar-refractivity contribution is 5.85. The molecule has 3 nitrogen and oxygen atoms in total. The van der Waals surface area contributed by atoms with Crippen molar-refractivity contribution in [3.63, 3.8) is 0 Å². The van der Waals surface area contributed by atoms with Crippen molar-refractivity contribution in [3.05, 3.63) is 41.2 Å². The minimum atomic E-state index is -1.03. The van der Waals surface area contributed by atoms with Crippen LogP contribution in [0.1, 0.15) is 30.9 Å². The number of halogens is 1. The molecule has 0 spiro atoms. The van der Waals surface area contributed by atoms with E-state index in [1.165, 1.54) is 25.0 Å². The van der Waals surface area contributed by atoms with Crippen LogP contribution in [-0.2, 0) is 11.3 Å². The monoisotopic (exact) mass is 263 g/mol. The average molecular weight is 263 g/mol. The van der Waals surface area contributed by atoms with Gasteiger partial charge in [-0.05, 0) is 44.0 Å². The second-order valence-electron chi connectivity index (χ2n) is 4.98. The highest BCUT2D eigenvalue weighted by Crippen LogP contribution is 2.21. The molecular formula is C15H18FNO2. The van der Waals surface area contributed by atoms with Gasteiger partial charge in [0.15, 0.2) is 0 Å². The molecule has 1 aliphatic heterocycles. The Morgan fingerprint density at radius 3 is 2.95 bits per heavy atom. The number of hydrogen-bond donors (Lipinski definition) is 1. The number of carbonyl (C=O) groups is 1. The summed E-state index contributed by atoms with van der Waals surface area (Å²) < 4.78 is 13.9. The van der Waals surface area contributed by atoms with Gasteiger partial charge >= 0.3 is 5.97 Å². The fraction of sp³-hybridized carbons (Fsp3) is 0.400. The maximum Gasteiger partial charge on any atom is 0.328 e. The zero-order valence-electron chi connectivity index (χ0n) is 11.0. The van der Waals surface area contributed by atoms with Gasteiger partial charge in [-0.15, -0.1) is 0 Å². The SMILES string of the molecule is CC1CCCN1Cc1ccc(C=CC(=O)O)cc1F. The number of hydrogen-bond acceptors (Lipinski definition) is 2. The Kier molecular flexibility index (Phi) is 4.32. The molecule has 1 aromatic carbocycles. The molecule has 0 saturated carbocycles. The second kappa shape index (κ2) is 5.97. The number of rotatable bonds is 4. The van der Waals surface area contributed by atoms with Crippen LogP contribution in [0.2, 0.25) is 0 Å². The van der Waals surface area contributed by atoms with E-state index in [2.05, 4.69) is 11.8 Å². The molecule has 2 rings (SSSR count). The molecule has 1 N–H and O–H groups in total. The molecule has 0 aliphatic carbocycles. The number of nitrogens with zero attached hydrogens (tertiary/aromatic N) is 1. The lowest BCUT2D eigenvalue weighted by molar-refractivity contribution is -0.131. The van der Waals surface area contributed by atoms with E-state index in [0.717, 1.165) is 12.6 Å². The van der Waals surface area contributed by atoms with Gasteiger partial charge in [0, 0.05) is 24.2 Å². The first kappa shape index (κ1) is 13.7. The lowest BCUT2D eigenvalue weighted by Gasteiger charge is -2.21. The van der Waals surface area contributed by atoms with Gasteiger partial charge in [-0.3, -0.25) is 4.90 Å². The molecule has 1 atom stereocenters. The number of carboxylic acids is 1. The summed E-state index contributed by atoms with van der Waals surface area (Å²) in [7, 11) is 0. The Bertz CT molecular complexity index is 499. The third-order valence-corrected chi connectivity index (χ3v) is 3.56. The first-order valence-electron chi connectivity index (χ1n) is 6.50. The average Bonchev–Trinajstić information content (AvgIpc) is 2.75. The molecule has 1 fully saturated rings. The molecular weight excluding hydrogens is 245 g/mol. The van der Waals surface area contributed by atoms with E-state index < -0.39 is 5.97 Å². The van der Waals surface area contributed by atoms with E-state index in [9.17, 15) is 9.18 Å². The molecule has 0 aromatic heterocycles. The van der Waals surface area contributed by atoms with Crippen LogP contribution in [0.5, 0.6) is 0 Å². The van der Waals surface area contributed by atoms with Crippen LogP contribution in [0.25, 0.3) is 6.08 Å². The molecule has 0 radical (unpaired) electrons. The summed E-state index contributed by atoms with van der Waals surface area (Å²) in [6.07, 6.45) is 4.74. The molecule has 19 heavy (non-hydrogen) atoms. The highest BCUT2D eigenvalue weighted by Gasteiger charge is 2.21. The van der Waals surface area contributed by atoms with Gasteiger partial charge in [0.25, 0.3) is 0 Å². The Morgan fingerprint density at radius 1 is 1.58 bits per heavy atom. The van der Waals surface area contributed by atoms with Crippen molar-refractivity contribution in [2.45, 2.75) is 32.4 Å². The third-order valence-electron chi connectivity index (χ3n) is 3.56. The maximum atomic E-state index is 13.9. The Balaban J connectivity index is 2.08. The summed E-state index contributed by atoms with van der Waals surface area (Å²) in [5.41, 5.74) is 1.24. The van der Waals surface area contributed by atoms with Gasteiger partial charge in [-0.2, -0.15) is 0 Å². The summed E-state index contributed by atoms with van der Waals surface area (Å²) >= 11 is 0.